The number of aliphatic carboxylic acids is 1. The molecule has 0 saturated carbocycles. The molecule has 0 aliphatic rings. The maximum absolute atomic E-state index is 11.2. The van der Waals surface area contributed by atoms with Gasteiger partial charge >= 0.3 is 0 Å². The fraction of sp³-hybridized carbons (Fsp3) is 0.0588. The molecule has 0 amide bonds. The van der Waals surface area contributed by atoms with Gasteiger partial charge in [0.1, 0.15) is 22.5 Å². The maximum atomic E-state index is 11.2. The molecule has 2 rings (SSSR count). The molecule has 0 aromatic heterocycles. The average Bonchev–Trinajstić information content (AvgIpc) is 2.60. The predicted octanol–water partition coefficient (Wildman–Crippen LogP) is 2.37. The third-order valence-electron chi connectivity index (χ3n) is 2.83. The van der Waals surface area contributed by atoms with E-state index in [2.05, 4.69) is 10.5 Å². The van der Waals surface area contributed by atoms with Gasteiger partial charge in [0.2, 0.25) is 0 Å². The lowest BCUT2D eigenvalue weighted by Crippen LogP contribution is -2.28. The number of rotatable bonds is 7. The largest absolute Gasteiger partial charge is 0.541 e. The van der Waals surface area contributed by atoms with Crippen molar-refractivity contribution in [3.63, 3.8) is 0 Å². The number of hydrazone groups is 1. The molecule has 0 fully saturated rings. The summed E-state index contributed by atoms with van der Waals surface area (Å²) in [5.41, 5.74) is 3.44. The quantitative estimate of drug-likeness (QED) is 0.360. The Morgan fingerprint density at radius 3 is 2.33 bits per heavy atom. The molecule has 0 atom stereocenters. The van der Waals surface area contributed by atoms with E-state index in [1.54, 1.807) is 36.4 Å². The Bertz CT molecular complexity index is 743. The van der Waals surface area contributed by atoms with Crippen LogP contribution in [0.5, 0.6) is 11.5 Å². The van der Waals surface area contributed by atoms with Crippen molar-refractivity contribution < 1.29 is 19.4 Å². The number of hydrogen-bond donors (Lipinski definition) is 1. The number of halogens is 1. The molecule has 2 aromatic carbocycles. The Balaban J connectivity index is 2.11. The number of benzene rings is 2. The minimum absolute atomic E-state index is 0.214. The number of carboxylic acids is 1. The van der Waals surface area contributed by atoms with Crippen molar-refractivity contribution >= 4 is 29.5 Å². The van der Waals surface area contributed by atoms with E-state index >= 15 is 0 Å². The van der Waals surface area contributed by atoms with Crippen LogP contribution < -0.4 is 20.0 Å². The topological polar surface area (TPSA) is 83.0 Å². The molecule has 124 valence electrons. The lowest BCUT2D eigenvalue weighted by Gasteiger charge is -2.12. The number of hydrogen-bond acceptors (Lipinski definition) is 6. The van der Waals surface area contributed by atoms with E-state index in [1.807, 2.05) is 18.2 Å². The van der Waals surface area contributed by atoms with Crippen LogP contribution in [0, 0.1) is 0 Å². The molecule has 0 saturated heterocycles. The Hall–Kier alpha value is -2.99. The van der Waals surface area contributed by atoms with E-state index in [-0.39, 0.29) is 10.8 Å². The monoisotopic (exact) mass is 345 g/mol. The number of nitrogens with one attached hydrogen (secondary N) is 1. The fourth-order valence-corrected chi connectivity index (χ4v) is 1.85. The molecule has 0 radical (unpaired) electrons. The van der Waals surface area contributed by atoms with Gasteiger partial charge in [0.25, 0.3) is 0 Å². The van der Waals surface area contributed by atoms with Crippen molar-refractivity contribution in [2.75, 3.05) is 12.5 Å². The summed E-state index contributed by atoms with van der Waals surface area (Å²) in [7, 11) is 1.52. The second-order valence-electron chi connectivity index (χ2n) is 4.48. The SMILES string of the molecule is COc1ccc(O/C(C(=O)[O-])=C(Cl)\C=N/Nc2ccccc2)cc1. The summed E-state index contributed by atoms with van der Waals surface area (Å²) in [6.45, 7) is 0. The molecular weight excluding hydrogens is 332 g/mol. The van der Waals surface area contributed by atoms with Gasteiger partial charge in [-0.05, 0) is 36.4 Å². The van der Waals surface area contributed by atoms with Crippen molar-refractivity contribution in [2.24, 2.45) is 5.10 Å². The summed E-state index contributed by atoms with van der Waals surface area (Å²) in [4.78, 5) is 11.2. The lowest BCUT2D eigenvalue weighted by atomic mass is 10.3. The Labute approximate surface area is 144 Å². The third kappa shape index (κ3) is 5.03. The third-order valence-corrected chi connectivity index (χ3v) is 3.10. The molecule has 0 bridgehead atoms. The smallest absolute Gasteiger partial charge is 0.170 e. The highest BCUT2D eigenvalue weighted by Gasteiger charge is 2.08. The summed E-state index contributed by atoms with van der Waals surface area (Å²) in [6.07, 6.45) is 1.13. The first kappa shape index (κ1) is 17.4. The van der Waals surface area contributed by atoms with E-state index in [0.717, 1.165) is 11.9 Å². The number of carbonyl (C=O) groups is 1. The van der Waals surface area contributed by atoms with Gasteiger partial charge < -0.3 is 19.4 Å². The number of methoxy groups -OCH3 is 1. The number of anilines is 1. The highest BCUT2D eigenvalue weighted by Crippen LogP contribution is 2.20. The first-order valence-electron chi connectivity index (χ1n) is 6.87. The molecule has 24 heavy (non-hydrogen) atoms. The van der Waals surface area contributed by atoms with Crippen molar-refractivity contribution in [1.82, 2.24) is 0 Å². The van der Waals surface area contributed by atoms with Crippen LogP contribution in [0.1, 0.15) is 0 Å². The van der Waals surface area contributed by atoms with Crippen LogP contribution in [0.25, 0.3) is 0 Å². The summed E-state index contributed by atoms with van der Waals surface area (Å²) in [6, 6.07) is 15.5. The van der Waals surface area contributed by atoms with Gasteiger partial charge in [0.05, 0.1) is 19.0 Å². The second-order valence-corrected chi connectivity index (χ2v) is 4.89. The Kier molecular flexibility index (Phi) is 6.22. The van der Waals surface area contributed by atoms with Crippen LogP contribution >= 0.6 is 11.6 Å². The van der Waals surface area contributed by atoms with Gasteiger partial charge in [-0.15, -0.1) is 0 Å². The zero-order valence-corrected chi connectivity index (χ0v) is 13.5. The minimum Gasteiger partial charge on any atom is -0.541 e. The molecule has 0 heterocycles. The van der Waals surface area contributed by atoms with Crippen LogP contribution in [-0.4, -0.2) is 19.3 Å². The van der Waals surface area contributed by atoms with E-state index in [1.165, 1.54) is 7.11 Å². The highest BCUT2D eigenvalue weighted by atomic mass is 35.5. The molecule has 0 aliphatic heterocycles. The van der Waals surface area contributed by atoms with Gasteiger partial charge in [-0.3, -0.25) is 5.43 Å². The van der Waals surface area contributed by atoms with Crippen LogP contribution in [0.3, 0.4) is 0 Å². The molecule has 0 aliphatic carbocycles. The van der Waals surface area contributed by atoms with Crippen LogP contribution in [0.15, 0.2) is 70.5 Å². The van der Waals surface area contributed by atoms with Crippen molar-refractivity contribution in [3.05, 3.63) is 65.4 Å². The predicted molar refractivity (Wildman–Crippen MR) is 90.1 cm³/mol. The zero-order valence-electron chi connectivity index (χ0n) is 12.7. The molecular formula is C17H14ClN2O4-. The van der Waals surface area contributed by atoms with Gasteiger partial charge in [-0.2, -0.15) is 5.10 Å². The lowest BCUT2D eigenvalue weighted by molar-refractivity contribution is -0.302. The fourth-order valence-electron chi connectivity index (χ4n) is 1.68. The van der Waals surface area contributed by atoms with Crippen molar-refractivity contribution in [1.29, 1.82) is 0 Å². The number of ether oxygens (including phenoxy) is 2. The average molecular weight is 346 g/mol. The standard InChI is InChI=1S/C17H15ClN2O4/c1-23-13-7-9-14(10-8-13)24-16(17(21)22)15(18)11-19-20-12-5-3-2-4-6-12/h2-11,20H,1H3,(H,21,22)/p-1/b16-15+,19-11-. The number of carboxylic acid groups (broad SMARTS) is 1. The van der Waals surface area contributed by atoms with Gasteiger partial charge in [0, 0.05) is 0 Å². The summed E-state index contributed by atoms with van der Waals surface area (Å²) < 4.78 is 10.3. The normalized spacial score (nSPS) is 11.8. The van der Waals surface area contributed by atoms with E-state index in [0.29, 0.717) is 5.75 Å². The van der Waals surface area contributed by atoms with Crippen molar-refractivity contribution in [3.8, 4) is 11.5 Å². The maximum Gasteiger partial charge on any atom is 0.170 e. The summed E-state index contributed by atoms with van der Waals surface area (Å²) >= 11 is 5.94. The van der Waals surface area contributed by atoms with Crippen LogP contribution in [0.2, 0.25) is 0 Å². The van der Waals surface area contributed by atoms with Gasteiger partial charge in [0.15, 0.2) is 5.76 Å². The highest BCUT2D eigenvalue weighted by molar-refractivity contribution is 6.40. The molecule has 0 unspecified atom stereocenters. The Morgan fingerprint density at radius 1 is 1.12 bits per heavy atom. The molecule has 7 heteroatoms. The zero-order chi connectivity index (χ0) is 17.4. The van der Waals surface area contributed by atoms with E-state index < -0.39 is 11.7 Å². The van der Waals surface area contributed by atoms with E-state index in [9.17, 15) is 9.90 Å². The first-order chi connectivity index (χ1) is 11.6. The van der Waals surface area contributed by atoms with Crippen LogP contribution in [0.4, 0.5) is 5.69 Å². The first-order valence-corrected chi connectivity index (χ1v) is 7.25. The summed E-state index contributed by atoms with van der Waals surface area (Å²) in [5, 5.41) is 14.9. The van der Waals surface area contributed by atoms with Crippen LogP contribution in [-0.2, 0) is 4.79 Å². The van der Waals surface area contributed by atoms with E-state index in [4.69, 9.17) is 21.1 Å². The molecule has 6 nitrogen and oxygen atoms in total. The number of para-hydroxylation sites is 1. The van der Waals surface area contributed by atoms with Gasteiger partial charge in [-0.1, -0.05) is 29.8 Å². The number of nitrogens with zero attached hydrogens (tertiary/aromatic N) is 1. The molecule has 0 spiro atoms. The molecule has 1 N–H and O–H groups in total. The number of carbonyl (C=O) groups excluding carboxylic acids is 1. The Morgan fingerprint density at radius 2 is 1.75 bits per heavy atom. The second kappa shape index (κ2) is 8.59. The summed E-state index contributed by atoms with van der Waals surface area (Å²) in [5.74, 6) is -1.21. The number of allylic oxidation sites excluding steroid dienone is 1. The molecule has 2 aromatic rings. The van der Waals surface area contributed by atoms with Crippen molar-refractivity contribution in [2.45, 2.75) is 0 Å². The van der Waals surface area contributed by atoms with Gasteiger partial charge in [-0.25, -0.2) is 0 Å². The minimum atomic E-state index is -1.55.